The summed E-state index contributed by atoms with van der Waals surface area (Å²) in [6.07, 6.45) is 1.86. The van der Waals surface area contributed by atoms with Gasteiger partial charge in [-0.2, -0.15) is 0 Å². The van der Waals surface area contributed by atoms with Gasteiger partial charge in [0.1, 0.15) is 11.6 Å². The summed E-state index contributed by atoms with van der Waals surface area (Å²) in [6.45, 7) is 7.36. The van der Waals surface area contributed by atoms with Crippen molar-refractivity contribution in [2.24, 2.45) is 5.92 Å². The summed E-state index contributed by atoms with van der Waals surface area (Å²) in [6, 6.07) is 8.14. The lowest BCUT2D eigenvalue weighted by atomic mass is 10.1. The van der Waals surface area contributed by atoms with E-state index in [2.05, 4.69) is 48.2 Å². The van der Waals surface area contributed by atoms with E-state index < -0.39 is 0 Å². The van der Waals surface area contributed by atoms with E-state index in [0.29, 0.717) is 5.92 Å². The zero-order chi connectivity index (χ0) is 15.2. The lowest BCUT2D eigenvalue weighted by Gasteiger charge is -2.20. The first-order valence-corrected chi connectivity index (χ1v) is 7.46. The number of hydrogen-bond acceptors (Lipinski definition) is 4. The minimum atomic E-state index is 0.676. The van der Waals surface area contributed by atoms with E-state index in [1.54, 1.807) is 7.11 Å². The minimum absolute atomic E-state index is 0.676. The molecule has 0 unspecified atom stereocenters. The normalized spacial score (nSPS) is 11.1. The third-order valence-corrected chi connectivity index (χ3v) is 3.49. The first-order chi connectivity index (χ1) is 10.1. The first kappa shape index (κ1) is 15.6. The highest BCUT2D eigenvalue weighted by atomic mass is 16.5. The highest BCUT2D eigenvalue weighted by Crippen LogP contribution is 2.27. The fourth-order valence-electron chi connectivity index (χ4n) is 2.31. The standard InChI is InChI=1S/C17H25N3O/c1-13(2)12-18-9-10-20(3)17-16-11-15(21-4)6-5-14(16)7-8-19-17/h5-8,11,13,18H,9-10,12H2,1-4H3. The van der Waals surface area contributed by atoms with Gasteiger partial charge in [-0.1, -0.05) is 19.9 Å². The number of rotatable bonds is 7. The number of benzene rings is 1. The van der Waals surface area contributed by atoms with E-state index in [4.69, 9.17) is 4.74 Å². The molecule has 0 aliphatic rings. The van der Waals surface area contributed by atoms with Crippen LogP contribution in [-0.4, -0.2) is 38.8 Å². The molecule has 0 saturated heterocycles. The Morgan fingerprint density at radius 3 is 2.81 bits per heavy atom. The fraction of sp³-hybridized carbons (Fsp3) is 0.471. The average molecular weight is 287 g/mol. The van der Waals surface area contributed by atoms with Crippen LogP contribution in [0.15, 0.2) is 30.5 Å². The van der Waals surface area contributed by atoms with Crippen molar-refractivity contribution in [3.05, 3.63) is 30.5 Å². The summed E-state index contributed by atoms with van der Waals surface area (Å²) in [4.78, 5) is 6.73. The molecule has 4 heteroatoms. The SMILES string of the molecule is COc1ccc2ccnc(N(C)CCNCC(C)C)c2c1. The van der Waals surface area contributed by atoms with Crippen molar-refractivity contribution in [1.82, 2.24) is 10.3 Å². The van der Waals surface area contributed by atoms with E-state index in [1.165, 1.54) is 5.39 Å². The molecule has 0 radical (unpaired) electrons. The monoisotopic (exact) mass is 287 g/mol. The first-order valence-electron chi connectivity index (χ1n) is 7.46. The van der Waals surface area contributed by atoms with Crippen LogP contribution in [0.4, 0.5) is 5.82 Å². The molecular formula is C17H25N3O. The number of methoxy groups -OCH3 is 1. The number of pyridine rings is 1. The van der Waals surface area contributed by atoms with E-state index in [0.717, 1.165) is 36.6 Å². The Balaban J connectivity index is 2.12. The number of fused-ring (bicyclic) bond motifs is 1. The molecule has 0 amide bonds. The van der Waals surface area contributed by atoms with Gasteiger partial charge in [-0.3, -0.25) is 0 Å². The quantitative estimate of drug-likeness (QED) is 0.795. The van der Waals surface area contributed by atoms with Crippen molar-refractivity contribution >= 4 is 16.6 Å². The van der Waals surface area contributed by atoms with Gasteiger partial charge in [-0.25, -0.2) is 4.98 Å². The second-order valence-electron chi connectivity index (χ2n) is 5.74. The summed E-state index contributed by atoms with van der Waals surface area (Å²) in [7, 11) is 3.77. The van der Waals surface area contributed by atoms with E-state index >= 15 is 0 Å². The number of likely N-dealkylation sites (N-methyl/N-ethyl adjacent to an activating group) is 1. The van der Waals surface area contributed by atoms with E-state index in [-0.39, 0.29) is 0 Å². The molecule has 0 saturated carbocycles. The van der Waals surface area contributed by atoms with Gasteiger partial charge in [0.05, 0.1) is 7.11 Å². The van der Waals surface area contributed by atoms with Crippen LogP contribution in [0.3, 0.4) is 0 Å². The predicted molar refractivity (Wildman–Crippen MR) is 89.3 cm³/mol. The molecule has 1 aromatic carbocycles. The summed E-state index contributed by atoms with van der Waals surface area (Å²) in [5.74, 6) is 2.54. The molecule has 0 bridgehead atoms. The second-order valence-corrected chi connectivity index (χ2v) is 5.74. The molecule has 114 valence electrons. The molecule has 2 aromatic rings. The Morgan fingerprint density at radius 2 is 2.10 bits per heavy atom. The van der Waals surface area contributed by atoms with Crippen LogP contribution in [0.2, 0.25) is 0 Å². The Morgan fingerprint density at radius 1 is 1.29 bits per heavy atom. The third-order valence-electron chi connectivity index (χ3n) is 3.49. The molecule has 0 aliphatic heterocycles. The topological polar surface area (TPSA) is 37.4 Å². The fourth-order valence-corrected chi connectivity index (χ4v) is 2.31. The molecule has 0 aliphatic carbocycles. The van der Waals surface area contributed by atoms with Gasteiger partial charge in [0.15, 0.2) is 0 Å². The van der Waals surface area contributed by atoms with Crippen LogP contribution in [-0.2, 0) is 0 Å². The van der Waals surface area contributed by atoms with Gasteiger partial charge in [0.25, 0.3) is 0 Å². The number of nitrogens with one attached hydrogen (secondary N) is 1. The predicted octanol–water partition coefficient (Wildman–Crippen LogP) is 2.93. The summed E-state index contributed by atoms with van der Waals surface area (Å²) in [5.41, 5.74) is 0. The molecule has 21 heavy (non-hydrogen) atoms. The van der Waals surface area contributed by atoms with Gasteiger partial charge in [-0.15, -0.1) is 0 Å². The summed E-state index contributed by atoms with van der Waals surface area (Å²) < 4.78 is 5.32. The van der Waals surface area contributed by atoms with Crippen LogP contribution < -0.4 is 15.0 Å². The molecule has 1 aromatic heterocycles. The van der Waals surface area contributed by atoms with Crippen LogP contribution in [0.1, 0.15) is 13.8 Å². The maximum absolute atomic E-state index is 5.32. The van der Waals surface area contributed by atoms with Crippen molar-refractivity contribution in [1.29, 1.82) is 0 Å². The zero-order valence-corrected chi connectivity index (χ0v) is 13.4. The second kappa shape index (κ2) is 7.27. The number of anilines is 1. The van der Waals surface area contributed by atoms with Gasteiger partial charge >= 0.3 is 0 Å². The minimum Gasteiger partial charge on any atom is -0.497 e. The molecule has 1 N–H and O–H groups in total. The Bertz CT molecular complexity index is 583. The van der Waals surface area contributed by atoms with E-state index in [1.807, 2.05) is 18.3 Å². The van der Waals surface area contributed by atoms with Gasteiger partial charge in [0, 0.05) is 31.7 Å². The molecule has 1 heterocycles. The van der Waals surface area contributed by atoms with Crippen molar-refractivity contribution in [3.63, 3.8) is 0 Å². The maximum atomic E-state index is 5.32. The highest BCUT2D eigenvalue weighted by Gasteiger charge is 2.08. The summed E-state index contributed by atoms with van der Waals surface area (Å²) in [5, 5.41) is 5.77. The van der Waals surface area contributed by atoms with Crippen LogP contribution >= 0.6 is 0 Å². The Labute approximate surface area is 127 Å². The third kappa shape index (κ3) is 4.08. The largest absolute Gasteiger partial charge is 0.497 e. The lowest BCUT2D eigenvalue weighted by molar-refractivity contribution is 0.415. The van der Waals surface area contributed by atoms with E-state index in [9.17, 15) is 0 Å². The van der Waals surface area contributed by atoms with Gasteiger partial charge in [0.2, 0.25) is 0 Å². The van der Waals surface area contributed by atoms with Gasteiger partial charge in [-0.05, 0) is 36.0 Å². The Kier molecular flexibility index (Phi) is 5.39. The molecule has 0 spiro atoms. The number of aromatic nitrogens is 1. The molecule has 0 atom stereocenters. The smallest absolute Gasteiger partial charge is 0.136 e. The van der Waals surface area contributed by atoms with Crippen LogP contribution in [0, 0.1) is 5.92 Å². The summed E-state index contributed by atoms with van der Waals surface area (Å²) >= 11 is 0. The van der Waals surface area contributed by atoms with Crippen molar-refractivity contribution in [3.8, 4) is 5.75 Å². The highest BCUT2D eigenvalue weighted by molar-refractivity contribution is 5.93. The number of ether oxygens (including phenoxy) is 1. The number of nitrogens with zero attached hydrogens (tertiary/aromatic N) is 2. The van der Waals surface area contributed by atoms with Crippen molar-refractivity contribution in [2.75, 3.05) is 38.7 Å². The lowest BCUT2D eigenvalue weighted by Crippen LogP contribution is -2.31. The zero-order valence-electron chi connectivity index (χ0n) is 13.4. The molecule has 0 fully saturated rings. The maximum Gasteiger partial charge on any atom is 0.136 e. The average Bonchev–Trinajstić information content (AvgIpc) is 2.50. The van der Waals surface area contributed by atoms with Crippen molar-refractivity contribution in [2.45, 2.75) is 13.8 Å². The van der Waals surface area contributed by atoms with Crippen molar-refractivity contribution < 1.29 is 4.74 Å². The number of hydrogen-bond donors (Lipinski definition) is 1. The van der Waals surface area contributed by atoms with Crippen LogP contribution in [0.25, 0.3) is 10.8 Å². The molecule has 4 nitrogen and oxygen atoms in total. The molecule has 2 rings (SSSR count). The van der Waals surface area contributed by atoms with Crippen LogP contribution in [0.5, 0.6) is 5.75 Å². The molecular weight excluding hydrogens is 262 g/mol. The Hall–Kier alpha value is -1.81. The van der Waals surface area contributed by atoms with Gasteiger partial charge < -0.3 is 15.0 Å².